The van der Waals surface area contributed by atoms with Gasteiger partial charge < -0.3 is 14.9 Å². The number of benzene rings is 1. The fraction of sp³-hybridized carbons (Fsp3) is 0.636. The van der Waals surface area contributed by atoms with E-state index < -0.39 is 11.0 Å². The molecular weight excluding hydrogens is 370 g/mol. The van der Waals surface area contributed by atoms with Crippen LogP contribution in [0.15, 0.2) is 18.2 Å². The maximum Gasteiger partial charge on any atom is 0.139 e. The summed E-state index contributed by atoms with van der Waals surface area (Å²) in [6.07, 6.45) is 6.98. The zero-order valence-electron chi connectivity index (χ0n) is 17.9. The normalized spacial score (nSPS) is 21.2. The lowest BCUT2D eigenvalue weighted by Crippen LogP contribution is -2.44. The number of piperazine rings is 1. The average molecular weight is 406 g/mol. The molecule has 1 aliphatic heterocycles. The van der Waals surface area contributed by atoms with Crippen LogP contribution in [0.1, 0.15) is 57.7 Å². The molecule has 1 heterocycles. The van der Waals surface area contributed by atoms with Crippen LogP contribution in [0.25, 0.3) is 6.08 Å². The second-order valence-electron chi connectivity index (χ2n) is 9.18. The fourth-order valence-corrected chi connectivity index (χ4v) is 4.16. The molecule has 156 valence electrons. The van der Waals surface area contributed by atoms with Crippen molar-refractivity contribution in [2.24, 2.45) is 5.92 Å². The number of likely N-dealkylation sites (N-methyl/N-ethyl adjacent to an activating group) is 1. The Kier molecular flexibility index (Phi) is 6.52. The first-order valence-corrected chi connectivity index (χ1v) is 11.5. The van der Waals surface area contributed by atoms with Gasteiger partial charge in [-0.05, 0) is 76.8 Å². The van der Waals surface area contributed by atoms with Crippen molar-refractivity contribution in [1.29, 1.82) is 0 Å². The quantitative estimate of drug-likeness (QED) is 0.758. The maximum absolute atomic E-state index is 12.6. The molecule has 1 aromatic rings. The third kappa shape index (κ3) is 5.37. The van der Waals surface area contributed by atoms with E-state index >= 15 is 0 Å². The van der Waals surface area contributed by atoms with Crippen LogP contribution in [-0.4, -0.2) is 52.2 Å². The van der Waals surface area contributed by atoms with Crippen molar-refractivity contribution in [3.8, 4) is 5.75 Å². The highest BCUT2D eigenvalue weighted by Gasteiger charge is 2.25. The highest BCUT2D eigenvalue weighted by Crippen LogP contribution is 2.37. The third-order valence-electron chi connectivity index (χ3n) is 5.50. The van der Waals surface area contributed by atoms with Crippen LogP contribution in [0.5, 0.6) is 5.75 Å². The molecule has 2 aliphatic rings. The Labute approximate surface area is 172 Å². The Morgan fingerprint density at radius 1 is 1.21 bits per heavy atom. The van der Waals surface area contributed by atoms with E-state index in [4.69, 9.17) is 0 Å². The largest absolute Gasteiger partial charge is 0.506 e. The van der Waals surface area contributed by atoms with E-state index in [1.807, 2.05) is 33.8 Å². The predicted octanol–water partition coefficient (Wildman–Crippen LogP) is 3.68. The van der Waals surface area contributed by atoms with E-state index in [0.29, 0.717) is 11.7 Å². The monoisotopic (exact) mass is 405 g/mol. The van der Waals surface area contributed by atoms with Gasteiger partial charge in [-0.1, -0.05) is 12.2 Å². The molecule has 2 fully saturated rings. The van der Waals surface area contributed by atoms with Crippen LogP contribution in [-0.2, 0) is 11.0 Å². The molecule has 1 aliphatic carbocycles. The summed E-state index contributed by atoms with van der Waals surface area (Å²) in [6.45, 7) is 11.7. The minimum Gasteiger partial charge on any atom is -0.506 e. The molecule has 2 N–H and O–H groups in total. The van der Waals surface area contributed by atoms with Crippen LogP contribution < -0.4 is 9.62 Å². The fourth-order valence-electron chi connectivity index (χ4n) is 3.36. The molecule has 6 heteroatoms. The molecule has 3 rings (SSSR count). The molecule has 0 spiro atoms. The molecule has 5 nitrogen and oxygen atoms in total. The number of phenols is 1. The van der Waals surface area contributed by atoms with E-state index in [2.05, 4.69) is 39.8 Å². The zero-order valence-corrected chi connectivity index (χ0v) is 18.7. The Morgan fingerprint density at radius 3 is 2.43 bits per heavy atom. The van der Waals surface area contributed by atoms with E-state index in [1.54, 1.807) is 0 Å². The van der Waals surface area contributed by atoms with Gasteiger partial charge in [0.05, 0.1) is 21.4 Å². The molecule has 0 unspecified atom stereocenters. The summed E-state index contributed by atoms with van der Waals surface area (Å²) in [7, 11) is 0.963. The number of rotatable bonds is 6. The van der Waals surface area contributed by atoms with E-state index in [-0.39, 0.29) is 10.8 Å². The minimum absolute atomic E-state index is 0.119. The van der Waals surface area contributed by atoms with Crippen molar-refractivity contribution in [2.75, 3.05) is 38.1 Å². The maximum atomic E-state index is 12.6. The number of allylic oxidation sites excluding steroid dienone is 1. The highest BCUT2D eigenvalue weighted by atomic mass is 32.2. The standard InChI is InChI=1S/C22H35N3O2S/c1-16(23-28(27)22(2,3)4)19-15-21(26)20(25-12-10-24(5)11-13-25)14-18(19)9-8-17-6-7-17/h8-9,14-17,23,26H,6-7,10-13H2,1-5H3/b9-8+/t16-,28+/m0/s1. The number of hydrogen-bond donors (Lipinski definition) is 2. The molecule has 28 heavy (non-hydrogen) atoms. The number of nitrogens with one attached hydrogen (secondary N) is 1. The molecule has 0 bridgehead atoms. The Balaban J connectivity index is 1.89. The van der Waals surface area contributed by atoms with Crippen LogP contribution >= 0.6 is 0 Å². The summed E-state index contributed by atoms with van der Waals surface area (Å²) in [5.41, 5.74) is 2.99. The summed E-state index contributed by atoms with van der Waals surface area (Å²) in [4.78, 5) is 4.57. The first-order valence-electron chi connectivity index (χ1n) is 10.3. The van der Waals surface area contributed by atoms with Crippen LogP contribution in [0, 0.1) is 5.92 Å². The molecule has 0 aromatic heterocycles. The van der Waals surface area contributed by atoms with Gasteiger partial charge in [0.25, 0.3) is 0 Å². The van der Waals surface area contributed by atoms with Gasteiger partial charge in [0, 0.05) is 32.2 Å². The molecule has 1 aromatic carbocycles. The Hall–Kier alpha value is -1.37. The number of nitrogens with zero attached hydrogens (tertiary/aromatic N) is 2. The average Bonchev–Trinajstić information content (AvgIpc) is 3.44. The Bertz CT molecular complexity index is 745. The van der Waals surface area contributed by atoms with Crippen molar-refractivity contribution in [1.82, 2.24) is 9.62 Å². The third-order valence-corrected chi connectivity index (χ3v) is 7.18. The molecule has 0 radical (unpaired) electrons. The van der Waals surface area contributed by atoms with Gasteiger partial charge in [-0.25, -0.2) is 8.93 Å². The first kappa shape index (κ1) is 21.3. The minimum atomic E-state index is -1.17. The Morgan fingerprint density at radius 2 is 1.86 bits per heavy atom. The van der Waals surface area contributed by atoms with Gasteiger partial charge in [-0.15, -0.1) is 0 Å². The topological polar surface area (TPSA) is 55.8 Å². The van der Waals surface area contributed by atoms with Gasteiger partial charge in [0.15, 0.2) is 0 Å². The van der Waals surface area contributed by atoms with Crippen LogP contribution in [0.3, 0.4) is 0 Å². The van der Waals surface area contributed by atoms with Gasteiger partial charge in [0.1, 0.15) is 5.75 Å². The van der Waals surface area contributed by atoms with Crippen molar-refractivity contribution < 1.29 is 9.32 Å². The van der Waals surface area contributed by atoms with Crippen molar-refractivity contribution >= 4 is 22.7 Å². The summed E-state index contributed by atoms with van der Waals surface area (Å²) < 4.78 is 15.5. The lowest BCUT2D eigenvalue weighted by atomic mass is 9.99. The second-order valence-corrected chi connectivity index (χ2v) is 11.2. The SMILES string of the molecule is C[C@H](N[S@](=O)C(C)(C)C)c1cc(O)c(N2CCN(C)CC2)cc1/C=C/C1CC1. The molecular formula is C22H35N3O2S. The lowest BCUT2D eigenvalue weighted by Gasteiger charge is -2.35. The molecule has 1 saturated carbocycles. The second kappa shape index (κ2) is 8.56. The number of anilines is 1. The van der Waals surface area contributed by atoms with E-state index in [9.17, 15) is 9.32 Å². The summed E-state index contributed by atoms with van der Waals surface area (Å²) in [6, 6.07) is 3.84. The van der Waals surface area contributed by atoms with Gasteiger partial charge in [-0.3, -0.25) is 0 Å². The van der Waals surface area contributed by atoms with Gasteiger partial charge in [0.2, 0.25) is 0 Å². The number of hydrogen-bond acceptors (Lipinski definition) is 4. The first-order chi connectivity index (χ1) is 13.1. The number of aromatic hydroxyl groups is 1. The number of phenolic OH excluding ortho intramolecular Hbond substituents is 1. The van der Waals surface area contributed by atoms with Crippen molar-refractivity contribution in [3.63, 3.8) is 0 Å². The summed E-state index contributed by atoms with van der Waals surface area (Å²) >= 11 is 0. The van der Waals surface area contributed by atoms with Gasteiger partial charge in [-0.2, -0.15) is 0 Å². The van der Waals surface area contributed by atoms with Crippen LogP contribution in [0.2, 0.25) is 0 Å². The highest BCUT2D eigenvalue weighted by molar-refractivity contribution is 7.84. The summed E-state index contributed by atoms with van der Waals surface area (Å²) in [5, 5.41) is 10.8. The van der Waals surface area contributed by atoms with Crippen molar-refractivity contribution in [2.45, 2.75) is 51.3 Å². The predicted molar refractivity (Wildman–Crippen MR) is 119 cm³/mol. The summed E-state index contributed by atoms with van der Waals surface area (Å²) in [5.74, 6) is 0.985. The molecule has 2 atom stereocenters. The zero-order chi connectivity index (χ0) is 20.5. The van der Waals surface area contributed by atoms with Crippen LogP contribution in [0.4, 0.5) is 5.69 Å². The van der Waals surface area contributed by atoms with E-state index in [1.165, 1.54) is 12.8 Å². The molecule has 1 saturated heterocycles. The van der Waals surface area contributed by atoms with Crippen molar-refractivity contribution in [3.05, 3.63) is 29.3 Å². The van der Waals surface area contributed by atoms with E-state index in [0.717, 1.165) is 43.0 Å². The van der Waals surface area contributed by atoms with Gasteiger partial charge >= 0.3 is 0 Å². The molecule has 0 amide bonds. The lowest BCUT2D eigenvalue weighted by molar-refractivity contribution is 0.311. The smallest absolute Gasteiger partial charge is 0.139 e.